The maximum atomic E-state index is 5.81. The quantitative estimate of drug-likeness (QED) is 0.525. The van der Waals surface area contributed by atoms with Crippen LogP contribution in [0.3, 0.4) is 0 Å². The molecule has 1 atom stereocenters. The number of hydrogen-bond acceptors (Lipinski definition) is 2. The van der Waals surface area contributed by atoms with E-state index in [1.54, 1.807) is 0 Å². The predicted molar refractivity (Wildman–Crippen MR) is 74.4 cm³/mol. The molecule has 0 amide bonds. The molecule has 17 heavy (non-hydrogen) atoms. The molecule has 0 saturated heterocycles. The first-order valence-electron chi connectivity index (χ1n) is 7.69. The number of rotatable bonds is 12. The van der Waals surface area contributed by atoms with Crippen LogP contribution < -0.4 is 5.32 Å². The summed E-state index contributed by atoms with van der Waals surface area (Å²) in [4.78, 5) is 0. The second-order valence-corrected chi connectivity index (χ2v) is 5.39. The molecule has 1 unspecified atom stereocenters. The molecule has 0 spiro atoms. The summed E-state index contributed by atoms with van der Waals surface area (Å²) in [5, 5.41) is 3.62. The number of unbranched alkanes of at least 4 members (excludes halogenated alkanes) is 4. The summed E-state index contributed by atoms with van der Waals surface area (Å²) in [6.45, 7) is 7.52. The van der Waals surface area contributed by atoms with Gasteiger partial charge in [-0.25, -0.2) is 0 Å². The van der Waals surface area contributed by atoms with Crippen molar-refractivity contribution in [1.29, 1.82) is 0 Å². The molecule has 1 rings (SSSR count). The van der Waals surface area contributed by atoms with Crippen molar-refractivity contribution in [2.45, 2.75) is 71.3 Å². The van der Waals surface area contributed by atoms with Crippen molar-refractivity contribution in [3.63, 3.8) is 0 Å². The van der Waals surface area contributed by atoms with Gasteiger partial charge in [0.25, 0.3) is 0 Å². The number of ether oxygens (including phenoxy) is 1. The minimum Gasteiger partial charge on any atom is -0.380 e. The Balaban J connectivity index is 1.91. The lowest BCUT2D eigenvalue weighted by Crippen LogP contribution is -2.36. The lowest BCUT2D eigenvalue weighted by molar-refractivity contribution is 0.102. The molecule has 0 aliphatic heterocycles. The van der Waals surface area contributed by atoms with Crippen LogP contribution in [-0.4, -0.2) is 25.8 Å². The van der Waals surface area contributed by atoms with Gasteiger partial charge >= 0.3 is 0 Å². The molecule has 2 heteroatoms. The molecule has 1 saturated carbocycles. The van der Waals surface area contributed by atoms with Gasteiger partial charge in [-0.05, 0) is 38.1 Å². The van der Waals surface area contributed by atoms with Crippen molar-refractivity contribution in [1.82, 2.24) is 5.32 Å². The maximum Gasteiger partial charge on any atom is 0.0622 e. The van der Waals surface area contributed by atoms with Crippen LogP contribution in [0.1, 0.15) is 65.2 Å². The van der Waals surface area contributed by atoms with Gasteiger partial charge in [-0.15, -0.1) is 0 Å². The molecule has 0 aromatic rings. The summed E-state index contributed by atoms with van der Waals surface area (Å²) in [6.07, 6.45) is 10.7. The van der Waals surface area contributed by atoms with Crippen molar-refractivity contribution in [3.05, 3.63) is 0 Å². The first-order valence-corrected chi connectivity index (χ1v) is 7.69. The fourth-order valence-corrected chi connectivity index (χ4v) is 2.21. The summed E-state index contributed by atoms with van der Waals surface area (Å²) in [5.74, 6) is 0.904. The van der Waals surface area contributed by atoms with Crippen LogP contribution in [0.2, 0.25) is 0 Å². The average Bonchev–Trinajstić information content (AvgIpc) is 3.16. The molecule has 102 valence electrons. The Bertz CT molecular complexity index is 168. The molecule has 1 aliphatic rings. The fraction of sp³-hybridized carbons (Fsp3) is 1.00. The van der Waals surface area contributed by atoms with Crippen LogP contribution in [0.4, 0.5) is 0 Å². The summed E-state index contributed by atoms with van der Waals surface area (Å²) < 4.78 is 5.81. The maximum absolute atomic E-state index is 5.81. The first kappa shape index (κ1) is 15.0. The molecule has 1 N–H and O–H groups in total. The first-order chi connectivity index (χ1) is 8.38. The van der Waals surface area contributed by atoms with Gasteiger partial charge in [0.1, 0.15) is 0 Å². The second-order valence-electron chi connectivity index (χ2n) is 5.39. The van der Waals surface area contributed by atoms with Gasteiger partial charge in [-0.2, -0.15) is 0 Å². The third-order valence-electron chi connectivity index (χ3n) is 3.54. The van der Waals surface area contributed by atoms with Gasteiger partial charge < -0.3 is 10.1 Å². The molecule has 0 radical (unpaired) electrons. The van der Waals surface area contributed by atoms with Crippen molar-refractivity contribution in [3.8, 4) is 0 Å². The van der Waals surface area contributed by atoms with Gasteiger partial charge in [0.2, 0.25) is 0 Å². The minimum atomic E-state index is 0.630. The Labute approximate surface area is 108 Å². The van der Waals surface area contributed by atoms with Crippen molar-refractivity contribution < 1.29 is 4.74 Å². The normalized spacial score (nSPS) is 17.3. The van der Waals surface area contributed by atoms with E-state index in [2.05, 4.69) is 19.2 Å². The van der Waals surface area contributed by atoms with E-state index in [0.29, 0.717) is 6.04 Å². The zero-order valence-corrected chi connectivity index (χ0v) is 11.8. The van der Waals surface area contributed by atoms with E-state index in [1.807, 2.05) is 0 Å². The summed E-state index contributed by atoms with van der Waals surface area (Å²) in [5.41, 5.74) is 0. The van der Waals surface area contributed by atoms with E-state index in [0.717, 1.165) is 25.7 Å². The summed E-state index contributed by atoms with van der Waals surface area (Å²) in [7, 11) is 0. The minimum absolute atomic E-state index is 0.630. The van der Waals surface area contributed by atoms with E-state index < -0.39 is 0 Å². The average molecular weight is 241 g/mol. The Morgan fingerprint density at radius 1 is 1.06 bits per heavy atom. The van der Waals surface area contributed by atoms with Gasteiger partial charge in [0, 0.05) is 12.6 Å². The summed E-state index contributed by atoms with van der Waals surface area (Å²) in [6, 6.07) is 0.630. The standard InChI is InChI=1S/C15H31NO/c1-3-5-6-7-8-12-17-13-15(14-9-10-14)16-11-4-2/h14-16H,3-13H2,1-2H3. The van der Waals surface area contributed by atoms with Crippen LogP contribution in [0.5, 0.6) is 0 Å². The topological polar surface area (TPSA) is 21.3 Å². The lowest BCUT2D eigenvalue weighted by atomic mass is 10.1. The van der Waals surface area contributed by atoms with E-state index in [9.17, 15) is 0 Å². The molecule has 2 nitrogen and oxygen atoms in total. The Kier molecular flexibility index (Phi) is 8.72. The predicted octanol–water partition coefficient (Wildman–Crippen LogP) is 3.75. The van der Waals surface area contributed by atoms with Crippen LogP contribution in [0.25, 0.3) is 0 Å². The van der Waals surface area contributed by atoms with Gasteiger partial charge in [-0.1, -0.05) is 39.5 Å². The second kappa shape index (κ2) is 9.90. The monoisotopic (exact) mass is 241 g/mol. The van der Waals surface area contributed by atoms with Crippen LogP contribution in [0.15, 0.2) is 0 Å². The fourth-order valence-electron chi connectivity index (χ4n) is 2.21. The van der Waals surface area contributed by atoms with Crippen LogP contribution in [0, 0.1) is 5.92 Å². The number of hydrogen-bond donors (Lipinski definition) is 1. The Hall–Kier alpha value is -0.0800. The van der Waals surface area contributed by atoms with Crippen molar-refractivity contribution in [2.24, 2.45) is 5.92 Å². The van der Waals surface area contributed by atoms with Crippen LogP contribution >= 0.6 is 0 Å². The van der Waals surface area contributed by atoms with E-state index in [-0.39, 0.29) is 0 Å². The zero-order chi connectivity index (χ0) is 12.3. The highest BCUT2D eigenvalue weighted by Crippen LogP contribution is 2.32. The van der Waals surface area contributed by atoms with E-state index in [1.165, 1.54) is 51.4 Å². The highest BCUT2D eigenvalue weighted by Gasteiger charge is 2.30. The number of nitrogens with one attached hydrogen (secondary N) is 1. The highest BCUT2D eigenvalue weighted by atomic mass is 16.5. The molecule has 1 fully saturated rings. The molecular weight excluding hydrogens is 210 g/mol. The molecule has 0 heterocycles. The van der Waals surface area contributed by atoms with E-state index in [4.69, 9.17) is 4.74 Å². The van der Waals surface area contributed by atoms with Crippen LogP contribution in [-0.2, 0) is 4.74 Å². The van der Waals surface area contributed by atoms with E-state index >= 15 is 0 Å². The largest absolute Gasteiger partial charge is 0.380 e. The van der Waals surface area contributed by atoms with Gasteiger partial charge in [0.05, 0.1) is 6.61 Å². The molecule has 1 aliphatic carbocycles. The smallest absolute Gasteiger partial charge is 0.0622 e. The Morgan fingerprint density at radius 2 is 1.82 bits per heavy atom. The third-order valence-corrected chi connectivity index (χ3v) is 3.54. The highest BCUT2D eigenvalue weighted by molar-refractivity contribution is 4.86. The molecule has 0 bridgehead atoms. The molecule has 0 aromatic carbocycles. The van der Waals surface area contributed by atoms with Gasteiger partial charge in [0.15, 0.2) is 0 Å². The molecular formula is C15H31NO. The summed E-state index contributed by atoms with van der Waals surface area (Å²) >= 11 is 0. The van der Waals surface area contributed by atoms with Gasteiger partial charge in [-0.3, -0.25) is 0 Å². The molecule has 0 aromatic heterocycles. The lowest BCUT2D eigenvalue weighted by Gasteiger charge is -2.17. The zero-order valence-electron chi connectivity index (χ0n) is 11.8. The SMILES string of the molecule is CCCCCCCOCC(NCCC)C1CC1. The van der Waals surface area contributed by atoms with Crippen molar-refractivity contribution >= 4 is 0 Å². The third kappa shape index (κ3) is 7.77. The Morgan fingerprint density at radius 3 is 2.47 bits per heavy atom. The van der Waals surface area contributed by atoms with Crippen molar-refractivity contribution in [2.75, 3.05) is 19.8 Å².